The average molecular weight is 383 g/mol. The lowest BCUT2D eigenvalue weighted by molar-refractivity contribution is 0.0939. The quantitative estimate of drug-likeness (QED) is 0.681. The number of anilines is 1. The van der Waals surface area contributed by atoms with E-state index in [9.17, 15) is 13.2 Å². The highest BCUT2D eigenvalue weighted by atomic mass is 32.2. The van der Waals surface area contributed by atoms with E-state index in [1.54, 1.807) is 36.5 Å². The lowest BCUT2D eigenvalue weighted by Crippen LogP contribution is -2.32. The Kier molecular flexibility index (Phi) is 5.41. The van der Waals surface area contributed by atoms with Crippen LogP contribution in [0.5, 0.6) is 0 Å². The smallest absolute Gasteiger partial charge is 0.261 e. The van der Waals surface area contributed by atoms with E-state index in [0.29, 0.717) is 16.8 Å². The summed E-state index contributed by atoms with van der Waals surface area (Å²) < 4.78 is 28.2. The molecule has 0 radical (unpaired) electrons. The van der Waals surface area contributed by atoms with Gasteiger partial charge in [0.2, 0.25) is 0 Å². The van der Waals surface area contributed by atoms with Gasteiger partial charge in [-0.05, 0) is 43.7 Å². The van der Waals surface area contributed by atoms with Gasteiger partial charge in [-0.15, -0.1) is 0 Å². The van der Waals surface area contributed by atoms with Crippen LogP contribution in [0.1, 0.15) is 30.6 Å². The first kappa shape index (κ1) is 18.8. The predicted octanol–water partition coefficient (Wildman–Crippen LogP) is 3.56. The van der Waals surface area contributed by atoms with Gasteiger partial charge < -0.3 is 5.32 Å². The highest BCUT2D eigenvalue weighted by Gasteiger charge is 2.18. The molecule has 3 rings (SSSR count). The monoisotopic (exact) mass is 383 g/mol. The molecule has 0 saturated heterocycles. The second kappa shape index (κ2) is 7.75. The van der Waals surface area contributed by atoms with Crippen molar-refractivity contribution < 1.29 is 13.2 Å². The van der Waals surface area contributed by atoms with Gasteiger partial charge in [-0.1, -0.05) is 31.2 Å². The van der Waals surface area contributed by atoms with Gasteiger partial charge in [-0.2, -0.15) is 0 Å². The number of amides is 1. The molecule has 0 spiro atoms. The van der Waals surface area contributed by atoms with Crippen molar-refractivity contribution in [1.82, 2.24) is 10.3 Å². The molecular formula is C20H21N3O3S. The number of aromatic nitrogens is 1. The van der Waals surface area contributed by atoms with Crippen molar-refractivity contribution in [2.24, 2.45) is 0 Å². The Bertz CT molecular complexity index is 1080. The summed E-state index contributed by atoms with van der Waals surface area (Å²) >= 11 is 0. The van der Waals surface area contributed by atoms with Crippen molar-refractivity contribution in [3.05, 3.63) is 66.4 Å². The highest BCUT2D eigenvalue weighted by molar-refractivity contribution is 7.92. The molecular weight excluding hydrogens is 362 g/mol. The first-order chi connectivity index (χ1) is 12.9. The molecule has 1 heterocycles. The number of hydrogen-bond donors (Lipinski definition) is 2. The summed E-state index contributed by atoms with van der Waals surface area (Å²) in [5.41, 5.74) is 1.26. The Balaban J connectivity index is 1.91. The molecule has 7 heteroatoms. The Morgan fingerprint density at radius 2 is 1.85 bits per heavy atom. The molecule has 0 bridgehead atoms. The molecule has 0 saturated carbocycles. The van der Waals surface area contributed by atoms with Gasteiger partial charge >= 0.3 is 0 Å². The molecule has 27 heavy (non-hydrogen) atoms. The van der Waals surface area contributed by atoms with E-state index in [0.717, 1.165) is 11.8 Å². The zero-order chi connectivity index (χ0) is 19.4. The van der Waals surface area contributed by atoms with Gasteiger partial charge in [-0.3, -0.25) is 14.5 Å². The van der Waals surface area contributed by atoms with Crippen molar-refractivity contribution in [2.75, 3.05) is 4.72 Å². The lowest BCUT2D eigenvalue weighted by Gasteiger charge is -2.13. The third-order valence-corrected chi connectivity index (χ3v) is 5.64. The number of carbonyl (C=O) groups is 1. The highest BCUT2D eigenvalue weighted by Crippen LogP contribution is 2.24. The lowest BCUT2D eigenvalue weighted by atomic mass is 10.2. The number of nitrogens with zero attached hydrogens (tertiary/aromatic N) is 1. The number of rotatable bonds is 6. The van der Waals surface area contributed by atoms with Crippen LogP contribution in [-0.4, -0.2) is 25.4 Å². The number of carbonyl (C=O) groups excluding carboxylic acids is 1. The van der Waals surface area contributed by atoms with Crippen LogP contribution < -0.4 is 10.0 Å². The molecule has 0 aliphatic heterocycles. The maximum Gasteiger partial charge on any atom is 0.261 e. The van der Waals surface area contributed by atoms with Crippen LogP contribution in [0.2, 0.25) is 0 Å². The van der Waals surface area contributed by atoms with Crippen molar-refractivity contribution >= 4 is 32.5 Å². The van der Waals surface area contributed by atoms with Crippen LogP contribution in [0.25, 0.3) is 10.9 Å². The van der Waals surface area contributed by atoms with Crippen LogP contribution in [-0.2, 0) is 10.0 Å². The molecule has 3 aromatic rings. The average Bonchev–Trinajstić information content (AvgIpc) is 2.68. The number of pyridine rings is 1. The molecule has 0 fully saturated rings. The largest absolute Gasteiger partial charge is 0.350 e. The van der Waals surface area contributed by atoms with E-state index in [4.69, 9.17) is 0 Å². The van der Waals surface area contributed by atoms with E-state index >= 15 is 0 Å². The number of nitrogens with one attached hydrogen (secondary N) is 2. The SMILES string of the molecule is CCC(C)NC(=O)c1cccc(S(=O)(=O)Nc2cccc3cccnc23)c1. The Morgan fingerprint density at radius 1 is 1.11 bits per heavy atom. The maximum absolute atomic E-state index is 12.8. The minimum Gasteiger partial charge on any atom is -0.350 e. The second-order valence-corrected chi connectivity index (χ2v) is 7.98. The molecule has 6 nitrogen and oxygen atoms in total. The van der Waals surface area contributed by atoms with Gasteiger partial charge in [-0.25, -0.2) is 8.42 Å². The Hall–Kier alpha value is -2.93. The summed E-state index contributed by atoms with van der Waals surface area (Å²) in [6, 6.07) is 14.9. The van der Waals surface area contributed by atoms with E-state index in [2.05, 4.69) is 15.0 Å². The van der Waals surface area contributed by atoms with Crippen LogP contribution in [0, 0.1) is 0 Å². The molecule has 1 amide bonds. The molecule has 2 aromatic carbocycles. The third kappa shape index (κ3) is 4.25. The Labute approximate surface area is 158 Å². The topological polar surface area (TPSA) is 88.2 Å². The van der Waals surface area contributed by atoms with Crippen molar-refractivity contribution in [3.8, 4) is 0 Å². The zero-order valence-electron chi connectivity index (χ0n) is 15.1. The summed E-state index contributed by atoms with van der Waals surface area (Å²) in [6.07, 6.45) is 2.40. The molecule has 2 N–H and O–H groups in total. The number of sulfonamides is 1. The zero-order valence-corrected chi connectivity index (χ0v) is 16.0. The van der Waals surface area contributed by atoms with Crippen LogP contribution in [0.4, 0.5) is 5.69 Å². The van der Waals surface area contributed by atoms with E-state index in [1.807, 2.05) is 26.0 Å². The summed E-state index contributed by atoms with van der Waals surface area (Å²) in [5.74, 6) is -0.298. The molecule has 1 unspecified atom stereocenters. The molecule has 0 aliphatic carbocycles. The van der Waals surface area contributed by atoms with E-state index in [1.165, 1.54) is 12.1 Å². The van der Waals surface area contributed by atoms with E-state index in [-0.39, 0.29) is 16.8 Å². The molecule has 0 aliphatic rings. The van der Waals surface area contributed by atoms with E-state index < -0.39 is 10.0 Å². The second-order valence-electron chi connectivity index (χ2n) is 6.30. The standard InChI is InChI=1S/C20H21N3O3S/c1-3-14(2)22-20(24)16-8-4-10-17(13-16)27(25,26)23-18-11-5-7-15-9-6-12-21-19(15)18/h4-14,23H,3H2,1-2H3,(H,22,24). The fraction of sp³-hybridized carbons (Fsp3) is 0.200. The van der Waals surface area contributed by atoms with Crippen LogP contribution >= 0.6 is 0 Å². The van der Waals surface area contributed by atoms with Gasteiger partial charge in [0.1, 0.15) is 0 Å². The molecule has 140 valence electrons. The number of hydrogen-bond acceptors (Lipinski definition) is 4. The number of benzene rings is 2. The van der Waals surface area contributed by atoms with Crippen LogP contribution in [0.3, 0.4) is 0 Å². The molecule has 1 aromatic heterocycles. The summed E-state index contributed by atoms with van der Waals surface area (Å²) in [4.78, 5) is 16.6. The Morgan fingerprint density at radius 3 is 2.63 bits per heavy atom. The first-order valence-electron chi connectivity index (χ1n) is 8.68. The predicted molar refractivity (Wildman–Crippen MR) is 106 cm³/mol. The normalized spacial score (nSPS) is 12.5. The fourth-order valence-corrected chi connectivity index (χ4v) is 3.72. The summed E-state index contributed by atoms with van der Waals surface area (Å²) in [6.45, 7) is 3.86. The number of fused-ring (bicyclic) bond motifs is 1. The van der Waals surface area contributed by atoms with Crippen LogP contribution in [0.15, 0.2) is 65.7 Å². The molecule has 1 atom stereocenters. The summed E-state index contributed by atoms with van der Waals surface area (Å²) in [5, 5.41) is 3.67. The minimum atomic E-state index is -3.86. The van der Waals surface area contributed by atoms with Gasteiger partial charge in [0.05, 0.1) is 16.1 Å². The van der Waals surface area contributed by atoms with Crippen molar-refractivity contribution in [1.29, 1.82) is 0 Å². The number of para-hydroxylation sites is 1. The van der Waals surface area contributed by atoms with Gasteiger partial charge in [0.25, 0.3) is 15.9 Å². The van der Waals surface area contributed by atoms with Crippen molar-refractivity contribution in [3.63, 3.8) is 0 Å². The fourth-order valence-electron chi connectivity index (χ4n) is 2.60. The maximum atomic E-state index is 12.8. The van der Waals surface area contributed by atoms with Gasteiger partial charge in [0, 0.05) is 23.2 Å². The summed E-state index contributed by atoms with van der Waals surface area (Å²) in [7, 11) is -3.86. The first-order valence-corrected chi connectivity index (χ1v) is 10.2. The third-order valence-electron chi connectivity index (χ3n) is 4.27. The minimum absolute atomic E-state index is 0.0117. The van der Waals surface area contributed by atoms with Gasteiger partial charge in [0.15, 0.2) is 0 Å². The van der Waals surface area contributed by atoms with Crippen molar-refractivity contribution in [2.45, 2.75) is 31.2 Å².